The van der Waals surface area contributed by atoms with E-state index in [4.69, 9.17) is 0 Å². The highest BCUT2D eigenvalue weighted by Crippen LogP contribution is 2.15. The molecule has 0 aliphatic carbocycles. The van der Waals surface area contributed by atoms with Gasteiger partial charge in [0.15, 0.2) is 0 Å². The van der Waals surface area contributed by atoms with Gasteiger partial charge in [0.2, 0.25) is 0 Å². The second-order valence-electron chi connectivity index (χ2n) is 7.03. The third kappa shape index (κ3) is 4.24. The van der Waals surface area contributed by atoms with Crippen LogP contribution in [0, 0.1) is 0 Å². The summed E-state index contributed by atoms with van der Waals surface area (Å²) in [7, 11) is 0. The van der Waals surface area contributed by atoms with Crippen molar-refractivity contribution < 1.29 is 5.11 Å². The maximum atomic E-state index is 12.2. The van der Waals surface area contributed by atoms with Gasteiger partial charge < -0.3 is 10.1 Å². The summed E-state index contributed by atoms with van der Waals surface area (Å²) in [5.74, 6) is 0.705. The van der Waals surface area contributed by atoms with Crippen LogP contribution in [0.5, 0.6) is 0 Å². The Labute approximate surface area is 158 Å². The third-order valence-corrected chi connectivity index (χ3v) is 5.12. The average molecular weight is 364 g/mol. The summed E-state index contributed by atoms with van der Waals surface area (Å²) in [6.07, 6.45) is -0.462. The number of rotatable bonds is 5. The maximum Gasteiger partial charge on any atom is 0.258 e. The summed E-state index contributed by atoms with van der Waals surface area (Å²) >= 11 is 0. The molecule has 1 atom stereocenters. The van der Waals surface area contributed by atoms with E-state index in [9.17, 15) is 9.90 Å². The number of H-pyrrole nitrogens is 1. The molecule has 1 aliphatic rings. The molecule has 140 valence electrons. The molecular weight excluding hydrogens is 340 g/mol. The van der Waals surface area contributed by atoms with E-state index < -0.39 is 6.10 Å². The van der Waals surface area contributed by atoms with Crippen molar-refractivity contribution in [1.82, 2.24) is 19.8 Å². The number of nitrogens with one attached hydrogen (secondary N) is 1. The molecule has 2 heterocycles. The lowest BCUT2D eigenvalue weighted by molar-refractivity contribution is 0.0692. The molecule has 1 saturated heterocycles. The van der Waals surface area contributed by atoms with Crippen molar-refractivity contribution in [3.8, 4) is 0 Å². The van der Waals surface area contributed by atoms with Crippen molar-refractivity contribution >= 4 is 10.9 Å². The van der Waals surface area contributed by atoms with Gasteiger partial charge >= 0.3 is 0 Å². The SMILES string of the molecule is O=c1[nH]c(CN2CCN(CC(O)c3ccccc3)CC2)nc2ccccc12. The Kier molecular flexibility index (Phi) is 5.29. The van der Waals surface area contributed by atoms with E-state index in [0.717, 1.165) is 37.3 Å². The fraction of sp³-hybridized carbons (Fsp3) is 0.333. The second-order valence-corrected chi connectivity index (χ2v) is 7.03. The van der Waals surface area contributed by atoms with Crippen LogP contribution in [-0.2, 0) is 6.54 Å². The van der Waals surface area contributed by atoms with Crippen LogP contribution < -0.4 is 5.56 Å². The van der Waals surface area contributed by atoms with Crippen LogP contribution in [-0.4, -0.2) is 57.6 Å². The van der Waals surface area contributed by atoms with Crippen molar-refractivity contribution in [3.05, 3.63) is 76.3 Å². The van der Waals surface area contributed by atoms with Crippen molar-refractivity contribution in [2.24, 2.45) is 0 Å². The van der Waals surface area contributed by atoms with Crippen LogP contribution in [0.1, 0.15) is 17.5 Å². The van der Waals surface area contributed by atoms with Crippen LogP contribution in [0.25, 0.3) is 10.9 Å². The summed E-state index contributed by atoms with van der Waals surface area (Å²) in [6.45, 7) is 4.83. The number of nitrogens with zero attached hydrogens (tertiary/aromatic N) is 3. The van der Waals surface area contributed by atoms with Gasteiger partial charge in [0.25, 0.3) is 5.56 Å². The topological polar surface area (TPSA) is 72.5 Å². The molecule has 1 fully saturated rings. The summed E-state index contributed by atoms with van der Waals surface area (Å²) in [4.78, 5) is 24.3. The summed E-state index contributed by atoms with van der Waals surface area (Å²) in [5, 5.41) is 11.0. The largest absolute Gasteiger partial charge is 0.387 e. The summed E-state index contributed by atoms with van der Waals surface area (Å²) in [5.41, 5.74) is 1.61. The molecule has 0 bridgehead atoms. The molecule has 27 heavy (non-hydrogen) atoms. The molecule has 3 aromatic rings. The highest BCUT2D eigenvalue weighted by molar-refractivity contribution is 5.77. The fourth-order valence-electron chi connectivity index (χ4n) is 3.58. The minimum absolute atomic E-state index is 0.0831. The average Bonchev–Trinajstić information content (AvgIpc) is 2.70. The second kappa shape index (κ2) is 8.00. The van der Waals surface area contributed by atoms with Gasteiger partial charge in [-0.2, -0.15) is 0 Å². The van der Waals surface area contributed by atoms with E-state index in [1.165, 1.54) is 0 Å². The fourth-order valence-corrected chi connectivity index (χ4v) is 3.58. The van der Waals surface area contributed by atoms with Gasteiger partial charge in [-0.15, -0.1) is 0 Å². The molecule has 0 amide bonds. The molecule has 0 saturated carbocycles. The number of fused-ring (bicyclic) bond motifs is 1. The van der Waals surface area contributed by atoms with Gasteiger partial charge in [0.1, 0.15) is 5.82 Å². The van der Waals surface area contributed by atoms with E-state index in [1.54, 1.807) is 6.07 Å². The van der Waals surface area contributed by atoms with Crippen molar-refractivity contribution in [2.45, 2.75) is 12.6 Å². The normalized spacial score (nSPS) is 17.2. The Morgan fingerprint density at radius 3 is 2.41 bits per heavy atom. The lowest BCUT2D eigenvalue weighted by Crippen LogP contribution is -2.47. The molecule has 1 aliphatic heterocycles. The molecule has 6 nitrogen and oxygen atoms in total. The van der Waals surface area contributed by atoms with Crippen molar-refractivity contribution in [2.75, 3.05) is 32.7 Å². The van der Waals surface area contributed by atoms with Crippen molar-refractivity contribution in [1.29, 1.82) is 0 Å². The Morgan fingerprint density at radius 2 is 1.63 bits per heavy atom. The zero-order chi connectivity index (χ0) is 18.6. The number of aliphatic hydroxyl groups is 1. The first-order valence-electron chi connectivity index (χ1n) is 9.35. The molecule has 4 rings (SSSR count). The Bertz CT molecular complexity index is 949. The van der Waals surface area contributed by atoms with Crippen LogP contribution in [0.15, 0.2) is 59.4 Å². The third-order valence-electron chi connectivity index (χ3n) is 5.12. The van der Waals surface area contributed by atoms with E-state index in [-0.39, 0.29) is 5.56 Å². The van der Waals surface area contributed by atoms with Crippen LogP contribution in [0.2, 0.25) is 0 Å². The van der Waals surface area contributed by atoms with E-state index in [1.807, 2.05) is 48.5 Å². The quantitative estimate of drug-likeness (QED) is 0.722. The minimum atomic E-state index is -0.462. The van der Waals surface area contributed by atoms with Crippen molar-refractivity contribution in [3.63, 3.8) is 0 Å². The van der Waals surface area contributed by atoms with Gasteiger partial charge in [-0.25, -0.2) is 4.98 Å². The predicted molar refractivity (Wildman–Crippen MR) is 105 cm³/mol. The molecule has 1 aromatic heterocycles. The van der Waals surface area contributed by atoms with Crippen LogP contribution in [0.3, 0.4) is 0 Å². The number of aromatic nitrogens is 2. The van der Waals surface area contributed by atoms with Gasteiger partial charge in [-0.1, -0.05) is 42.5 Å². The van der Waals surface area contributed by atoms with Crippen LogP contribution in [0.4, 0.5) is 0 Å². The number of β-amino-alcohol motifs (C(OH)–C–C–N with tert-alkyl or cyclic N) is 1. The monoisotopic (exact) mass is 364 g/mol. The molecule has 1 unspecified atom stereocenters. The van der Waals surface area contributed by atoms with Gasteiger partial charge in [0, 0.05) is 32.7 Å². The highest BCUT2D eigenvalue weighted by Gasteiger charge is 2.20. The smallest absolute Gasteiger partial charge is 0.258 e. The van der Waals surface area contributed by atoms with E-state index >= 15 is 0 Å². The first-order chi connectivity index (χ1) is 13.2. The number of piperazine rings is 1. The molecule has 0 spiro atoms. The Balaban J connectivity index is 1.34. The number of aromatic amines is 1. The zero-order valence-corrected chi connectivity index (χ0v) is 15.2. The first kappa shape index (κ1) is 17.9. The highest BCUT2D eigenvalue weighted by atomic mass is 16.3. The Morgan fingerprint density at radius 1 is 0.963 bits per heavy atom. The van der Waals surface area contributed by atoms with E-state index in [0.29, 0.717) is 24.3 Å². The number of aliphatic hydroxyl groups excluding tert-OH is 1. The number of hydrogen-bond donors (Lipinski definition) is 2. The maximum absolute atomic E-state index is 12.2. The molecule has 6 heteroatoms. The summed E-state index contributed by atoms with van der Waals surface area (Å²) in [6, 6.07) is 17.2. The number of hydrogen-bond acceptors (Lipinski definition) is 5. The first-order valence-corrected chi connectivity index (χ1v) is 9.35. The van der Waals surface area contributed by atoms with Gasteiger partial charge in [0.05, 0.1) is 23.6 Å². The van der Waals surface area contributed by atoms with Crippen LogP contribution >= 0.6 is 0 Å². The summed E-state index contributed by atoms with van der Waals surface area (Å²) < 4.78 is 0. The van der Waals surface area contributed by atoms with Gasteiger partial charge in [-0.05, 0) is 17.7 Å². The molecular formula is C21H24N4O2. The lowest BCUT2D eigenvalue weighted by Gasteiger charge is -2.35. The Hall–Kier alpha value is -2.54. The standard InChI is InChI=1S/C21H24N4O2/c26-19(16-6-2-1-3-7-16)14-24-10-12-25(13-11-24)15-20-22-18-9-5-4-8-17(18)21(27)23-20/h1-9,19,26H,10-15H2,(H,22,23,27). The number of benzene rings is 2. The molecule has 2 N–H and O–H groups in total. The van der Waals surface area contributed by atoms with E-state index in [2.05, 4.69) is 19.8 Å². The zero-order valence-electron chi connectivity index (χ0n) is 15.2. The lowest BCUT2D eigenvalue weighted by atomic mass is 10.1. The molecule has 2 aromatic carbocycles. The molecule has 0 radical (unpaired) electrons. The number of para-hydroxylation sites is 1. The minimum Gasteiger partial charge on any atom is -0.387 e. The predicted octanol–water partition coefficient (Wildman–Crippen LogP) is 1.77. The van der Waals surface area contributed by atoms with Gasteiger partial charge in [-0.3, -0.25) is 14.6 Å².